The molecular weight excluding hydrogens is 480 g/mol. The minimum Gasteiger partial charge on any atom is -0.494 e. The minimum absolute atomic E-state index is 0.0129. The van der Waals surface area contributed by atoms with Gasteiger partial charge in [0.25, 0.3) is 5.91 Å². The Labute approximate surface area is 221 Å². The molecular formula is C29H34N6O3. The number of methoxy groups -OCH3 is 2. The number of nitrogens with zero attached hydrogens (tertiary/aromatic N) is 5. The number of pyridine rings is 1. The zero-order valence-electron chi connectivity index (χ0n) is 22.1. The number of imidazole rings is 1. The van der Waals surface area contributed by atoms with E-state index in [9.17, 15) is 4.79 Å². The highest BCUT2D eigenvalue weighted by Crippen LogP contribution is 2.44. The molecule has 3 fully saturated rings. The molecule has 4 heterocycles. The molecule has 1 amide bonds. The van der Waals surface area contributed by atoms with Gasteiger partial charge < -0.3 is 29.2 Å². The Bertz CT molecular complexity index is 1550. The number of aromatic nitrogens is 4. The lowest BCUT2D eigenvalue weighted by molar-refractivity contribution is 0.00771. The van der Waals surface area contributed by atoms with Gasteiger partial charge in [-0.2, -0.15) is 0 Å². The largest absolute Gasteiger partial charge is 0.494 e. The maximum absolute atomic E-state index is 13.7. The van der Waals surface area contributed by atoms with Gasteiger partial charge in [-0.1, -0.05) is 0 Å². The van der Waals surface area contributed by atoms with Crippen molar-refractivity contribution in [1.82, 2.24) is 24.0 Å². The number of ether oxygens (including phenoxy) is 2. The highest BCUT2D eigenvalue weighted by molar-refractivity contribution is 6.00. The molecule has 3 atom stereocenters. The molecule has 1 aliphatic heterocycles. The summed E-state index contributed by atoms with van der Waals surface area (Å²) in [5.41, 5.74) is 10.6. The SMILES string of the molecule is CCn1c(-c2nc3cc(C(=O)N4CC5CCC4C5N)cc(OC)c3n2C2CC(OC)C2)cc2cccnc21. The number of carbonyl (C=O) groups is 1. The Hall–Kier alpha value is -3.43. The lowest BCUT2D eigenvalue weighted by atomic mass is 9.88. The number of benzene rings is 1. The first-order valence-corrected chi connectivity index (χ1v) is 13.7. The molecule has 9 heteroatoms. The van der Waals surface area contributed by atoms with E-state index in [0.717, 1.165) is 72.4 Å². The van der Waals surface area contributed by atoms with Crippen LogP contribution in [-0.4, -0.2) is 68.9 Å². The van der Waals surface area contributed by atoms with Gasteiger partial charge in [-0.3, -0.25) is 4.79 Å². The molecule has 2 saturated carbocycles. The number of piperidine rings is 1. The van der Waals surface area contributed by atoms with Crippen molar-refractivity contribution in [3.8, 4) is 17.3 Å². The van der Waals surface area contributed by atoms with Crippen molar-refractivity contribution < 1.29 is 14.3 Å². The summed E-state index contributed by atoms with van der Waals surface area (Å²) >= 11 is 0. The van der Waals surface area contributed by atoms with Crippen molar-refractivity contribution in [2.45, 2.75) is 63.4 Å². The van der Waals surface area contributed by atoms with Gasteiger partial charge in [0.05, 0.1) is 24.4 Å². The predicted octanol–water partition coefficient (Wildman–Crippen LogP) is 3.99. The summed E-state index contributed by atoms with van der Waals surface area (Å²) in [7, 11) is 3.43. The third kappa shape index (κ3) is 3.34. The molecule has 9 nitrogen and oxygen atoms in total. The summed E-state index contributed by atoms with van der Waals surface area (Å²) in [4.78, 5) is 25.5. The third-order valence-corrected chi connectivity index (χ3v) is 9.10. The van der Waals surface area contributed by atoms with E-state index in [1.165, 1.54) is 0 Å². The normalized spacial score (nSPS) is 26.4. The number of rotatable bonds is 6. The number of aryl methyl sites for hydroxylation is 1. The third-order valence-electron chi connectivity index (χ3n) is 9.10. The van der Waals surface area contributed by atoms with Crippen LogP contribution in [0.1, 0.15) is 49.0 Å². The quantitative estimate of drug-likeness (QED) is 0.418. The number of amides is 1. The number of hydrogen-bond acceptors (Lipinski definition) is 6. The Morgan fingerprint density at radius 2 is 2.03 bits per heavy atom. The van der Waals surface area contributed by atoms with Gasteiger partial charge >= 0.3 is 0 Å². The van der Waals surface area contributed by atoms with Crippen molar-refractivity contribution >= 4 is 28.0 Å². The van der Waals surface area contributed by atoms with Crippen LogP contribution in [0, 0.1) is 5.92 Å². The van der Waals surface area contributed by atoms with E-state index in [1.54, 1.807) is 14.2 Å². The standard InChI is InChI=1S/C29H34N6O3/c1-4-33-23(11-16-6-5-9-31-27(16)33)28-32-21-10-18(29(36)34-15-17-7-8-22(34)25(17)30)12-24(38-3)26(21)35(28)19-13-20(14-19)37-2/h5-6,9-12,17,19-20,22,25H,4,7-8,13-15,30H2,1-3H3. The van der Waals surface area contributed by atoms with Crippen LogP contribution >= 0.6 is 0 Å². The fourth-order valence-electron chi connectivity index (χ4n) is 6.99. The smallest absolute Gasteiger partial charge is 0.254 e. The Morgan fingerprint density at radius 3 is 2.71 bits per heavy atom. The molecule has 3 aliphatic rings. The molecule has 3 unspecified atom stereocenters. The Balaban J connectivity index is 1.40. The monoisotopic (exact) mass is 514 g/mol. The molecule has 2 aliphatic carbocycles. The molecule has 1 saturated heterocycles. The van der Waals surface area contributed by atoms with Crippen LogP contribution < -0.4 is 10.5 Å². The van der Waals surface area contributed by atoms with Crippen molar-refractivity contribution in [3.63, 3.8) is 0 Å². The van der Waals surface area contributed by atoms with E-state index >= 15 is 0 Å². The molecule has 0 spiro atoms. The lowest BCUT2D eigenvalue weighted by Crippen LogP contribution is -2.41. The van der Waals surface area contributed by atoms with Crippen LogP contribution in [0.5, 0.6) is 5.75 Å². The summed E-state index contributed by atoms with van der Waals surface area (Å²) in [6.07, 6.45) is 5.94. The molecule has 2 N–H and O–H groups in total. The lowest BCUT2D eigenvalue weighted by Gasteiger charge is -2.36. The number of fused-ring (bicyclic) bond motifs is 4. The van der Waals surface area contributed by atoms with Crippen LogP contribution in [0.2, 0.25) is 0 Å². The average molecular weight is 515 g/mol. The van der Waals surface area contributed by atoms with Gasteiger partial charge in [-0.25, -0.2) is 9.97 Å². The zero-order valence-corrected chi connectivity index (χ0v) is 22.1. The first-order valence-electron chi connectivity index (χ1n) is 13.7. The number of nitrogens with two attached hydrogens (primary N) is 1. The van der Waals surface area contributed by atoms with Crippen molar-refractivity contribution in [3.05, 3.63) is 42.1 Å². The minimum atomic E-state index is 0.0129. The second-order valence-corrected chi connectivity index (χ2v) is 11.0. The molecule has 4 aromatic rings. The first kappa shape index (κ1) is 23.7. The summed E-state index contributed by atoms with van der Waals surface area (Å²) in [6, 6.07) is 10.4. The highest BCUT2D eigenvalue weighted by Gasteiger charge is 2.47. The fourth-order valence-corrected chi connectivity index (χ4v) is 6.99. The first-order chi connectivity index (χ1) is 18.5. The molecule has 1 aromatic carbocycles. The highest BCUT2D eigenvalue weighted by atomic mass is 16.5. The van der Waals surface area contributed by atoms with E-state index < -0.39 is 0 Å². The molecule has 2 bridgehead atoms. The summed E-state index contributed by atoms with van der Waals surface area (Å²) in [5.74, 6) is 1.94. The number of hydrogen-bond donors (Lipinski definition) is 1. The van der Waals surface area contributed by atoms with Crippen LogP contribution in [0.25, 0.3) is 33.6 Å². The molecule has 38 heavy (non-hydrogen) atoms. The average Bonchev–Trinajstić information content (AvgIpc) is 3.66. The summed E-state index contributed by atoms with van der Waals surface area (Å²) in [6.45, 7) is 3.62. The van der Waals surface area contributed by atoms with Gasteiger partial charge in [0.15, 0.2) is 5.82 Å². The van der Waals surface area contributed by atoms with Crippen LogP contribution in [0.3, 0.4) is 0 Å². The topological polar surface area (TPSA) is 100 Å². The van der Waals surface area contributed by atoms with E-state index in [1.807, 2.05) is 29.3 Å². The van der Waals surface area contributed by atoms with Crippen LogP contribution in [0.15, 0.2) is 36.5 Å². The molecule has 198 valence electrons. The summed E-state index contributed by atoms with van der Waals surface area (Å²) in [5, 5.41) is 1.08. The maximum atomic E-state index is 13.7. The fraction of sp³-hybridized carbons (Fsp3) is 0.483. The second kappa shape index (κ2) is 8.81. The van der Waals surface area contributed by atoms with Gasteiger partial charge in [0, 0.05) is 55.5 Å². The summed E-state index contributed by atoms with van der Waals surface area (Å²) < 4.78 is 16.1. The number of likely N-dealkylation sites (tertiary alicyclic amines) is 1. The molecule has 0 radical (unpaired) electrons. The second-order valence-electron chi connectivity index (χ2n) is 11.0. The van der Waals surface area contributed by atoms with Gasteiger partial charge in [-0.05, 0) is 68.9 Å². The predicted molar refractivity (Wildman–Crippen MR) is 145 cm³/mol. The molecule has 7 rings (SSSR count). The zero-order chi connectivity index (χ0) is 26.1. The van der Waals surface area contributed by atoms with Gasteiger partial charge in [-0.15, -0.1) is 0 Å². The van der Waals surface area contributed by atoms with Crippen LogP contribution in [-0.2, 0) is 11.3 Å². The van der Waals surface area contributed by atoms with Crippen molar-refractivity contribution in [1.29, 1.82) is 0 Å². The Kier molecular flexibility index (Phi) is 5.49. The van der Waals surface area contributed by atoms with Gasteiger partial charge in [0.2, 0.25) is 0 Å². The van der Waals surface area contributed by atoms with Crippen molar-refractivity contribution in [2.24, 2.45) is 11.7 Å². The van der Waals surface area contributed by atoms with E-state index in [-0.39, 0.29) is 30.1 Å². The number of carbonyl (C=O) groups excluding carboxylic acids is 1. The van der Waals surface area contributed by atoms with Gasteiger partial charge in [0.1, 0.15) is 16.9 Å². The van der Waals surface area contributed by atoms with E-state index in [0.29, 0.717) is 17.2 Å². The Morgan fingerprint density at radius 1 is 1.18 bits per heavy atom. The molecule has 3 aromatic heterocycles. The van der Waals surface area contributed by atoms with E-state index in [2.05, 4.69) is 33.2 Å². The van der Waals surface area contributed by atoms with Crippen molar-refractivity contribution in [2.75, 3.05) is 20.8 Å². The van der Waals surface area contributed by atoms with E-state index in [4.69, 9.17) is 20.2 Å². The maximum Gasteiger partial charge on any atom is 0.254 e. The van der Waals surface area contributed by atoms with Crippen LogP contribution in [0.4, 0.5) is 0 Å².